The smallest absolute Gasteiger partial charge is 0.229 e. The van der Waals surface area contributed by atoms with Gasteiger partial charge in [0.05, 0.1) is 30.1 Å². The second-order valence-electron chi connectivity index (χ2n) is 7.79. The molecule has 0 aliphatic heterocycles. The lowest BCUT2D eigenvalue weighted by molar-refractivity contribution is -0.132. The quantitative estimate of drug-likeness (QED) is 0.517. The molecule has 10 heteroatoms. The first-order chi connectivity index (χ1) is 14.9. The van der Waals surface area contributed by atoms with E-state index < -0.39 is 35.3 Å². The van der Waals surface area contributed by atoms with Crippen molar-refractivity contribution in [1.82, 2.24) is 24.8 Å². The maximum atomic E-state index is 13.4. The van der Waals surface area contributed by atoms with Gasteiger partial charge in [-0.05, 0) is 30.5 Å². The summed E-state index contributed by atoms with van der Waals surface area (Å²) in [4.78, 5) is 25.1. The molecule has 31 heavy (non-hydrogen) atoms. The number of aliphatic hydroxyl groups excluding tert-OH is 2. The summed E-state index contributed by atoms with van der Waals surface area (Å²) in [7, 11) is 1.50. The minimum atomic E-state index is -1.20. The zero-order valence-corrected chi connectivity index (χ0v) is 16.3. The lowest BCUT2D eigenvalue weighted by Gasteiger charge is -2.23. The number of aliphatic hydroxyl groups is 2. The summed E-state index contributed by atoms with van der Waals surface area (Å²) in [6.07, 6.45) is 1.04. The number of hydrogen-bond donors (Lipinski definition) is 3. The van der Waals surface area contributed by atoms with Crippen molar-refractivity contribution < 1.29 is 23.8 Å². The van der Waals surface area contributed by atoms with Crippen molar-refractivity contribution >= 4 is 17.1 Å². The van der Waals surface area contributed by atoms with Gasteiger partial charge in [-0.25, -0.2) is 23.7 Å². The van der Waals surface area contributed by atoms with E-state index in [4.69, 9.17) is 0 Å². The highest BCUT2D eigenvalue weighted by molar-refractivity contribution is 5.87. The summed E-state index contributed by atoms with van der Waals surface area (Å²) >= 11 is 0. The third-order valence-electron chi connectivity index (χ3n) is 6.20. The zero-order valence-electron chi connectivity index (χ0n) is 16.3. The molecule has 5 rings (SSSR count). The molecule has 2 aliphatic rings. The van der Waals surface area contributed by atoms with Gasteiger partial charge in [-0.15, -0.1) is 0 Å². The molecule has 0 bridgehead atoms. The highest BCUT2D eigenvalue weighted by Crippen LogP contribution is 2.67. The molecule has 0 spiro atoms. The van der Waals surface area contributed by atoms with Crippen LogP contribution in [0, 0.1) is 34.8 Å². The molecule has 2 aromatic heterocycles. The Morgan fingerprint density at radius 1 is 1.26 bits per heavy atom. The zero-order chi connectivity index (χ0) is 21.9. The highest BCUT2D eigenvalue weighted by Gasteiger charge is 2.75. The molecule has 2 fully saturated rings. The molecule has 0 saturated heterocycles. The SMILES string of the molecule is CNC(=O)[C@@]12C[C@@H]1[C@@H](n1cnc3cnc(C#Cc4ccc(F)c(F)c4)nc31)[C@H](O)[C@@H]2O. The molecule has 0 unspecified atom stereocenters. The number of fused-ring (bicyclic) bond motifs is 2. The monoisotopic (exact) mass is 425 g/mol. The predicted octanol–water partition coefficient (Wildman–Crippen LogP) is 0.533. The number of benzene rings is 1. The maximum absolute atomic E-state index is 13.4. The summed E-state index contributed by atoms with van der Waals surface area (Å²) in [5.74, 6) is 2.99. The van der Waals surface area contributed by atoms with Crippen LogP contribution in [0.2, 0.25) is 0 Å². The van der Waals surface area contributed by atoms with E-state index in [-0.39, 0.29) is 23.2 Å². The predicted molar refractivity (Wildman–Crippen MR) is 103 cm³/mol. The minimum absolute atomic E-state index is 0.125. The molecule has 2 saturated carbocycles. The van der Waals surface area contributed by atoms with Crippen molar-refractivity contribution in [2.75, 3.05) is 7.05 Å². The summed E-state index contributed by atoms with van der Waals surface area (Å²) in [5.41, 5.74) is 0.0926. The van der Waals surface area contributed by atoms with Gasteiger partial charge in [0.1, 0.15) is 11.6 Å². The van der Waals surface area contributed by atoms with Gasteiger partial charge in [0.25, 0.3) is 0 Å². The van der Waals surface area contributed by atoms with Crippen molar-refractivity contribution in [1.29, 1.82) is 0 Å². The number of rotatable bonds is 2. The fourth-order valence-electron chi connectivity index (χ4n) is 4.59. The number of nitrogens with zero attached hydrogens (tertiary/aromatic N) is 4. The number of amides is 1. The molecule has 8 nitrogen and oxygen atoms in total. The van der Waals surface area contributed by atoms with Gasteiger partial charge >= 0.3 is 0 Å². The van der Waals surface area contributed by atoms with E-state index in [1.165, 1.54) is 25.6 Å². The third-order valence-corrected chi connectivity index (χ3v) is 6.20. The van der Waals surface area contributed by atoms with Crippen molar-refractivity contribution in [3.05, 3.63) is 53.7 Å². The first-order valence-corrected chi connectivity index (χ1v) is 9.62. The highest BCUT2D eigenvalue weighted by atomic mass is 19.2. The van der Waals surface area contributed by atoms with Gasteiger partial charge in [0.15, 0.2) is 17.3 Å². The average Bonchev–Trinajstić information content (AvgIpc) is 3.31. The first-order valence-electron chi connectivity index (χ1n) is 9.62. The topological polar surface area (TPSA) is 113 Å². The molecule has 2 heterocycles. The van der Waals surface area contributed by atoms with Gasteiger partial charge in [0, 0.05) is 18.5 Å². The summed E-state index contributed by atoms with van der Waals surface area (Å²) < 4.78 is 28.1. The van der Waals surface area contributed by atoms with E-state index in [0.29, 0.717) is 17.6 Å². The van der Waals surface area contributed by atoms with Crippen molar-refractivity contribution in [2.24, 2.45) is 11.3 Å². The van der Waals surface area contributed by atoms with Crippen LogP contribution in [0.5, 0.6) is 0 Å². The molecule has 3 N–H and O–H groups in total. The number of aromatic nitrogens is 4. The van der Waals surface area contributed by atoms with E-state index in [1.807, 2.05) is 0 Å². The fraction of sp³-hybridized carbons (Fsp3) is 0.333. The van der Waals surface area contributed by atoms with E-state index in [2.05, 4.69) is 32.1 Å². The Morgan fingerprint density at radius 2 is 2.06 bits per heavy atom. The number of imidazole rings is 1. The van der Waals surface area contributed by atoms with Crippen LogP contribution in [0.4, 0.5) is 8.78 Å². The summed E-state index contributed by atoms with van der Waals surface area (Å²) in [5, 5.41) is 23.8. The lowest BCUT2D eigenvalue weighted by atomic mass is 9.98. The van der Waals surface area contributed by atoms with Crippen LogP contribution in [-0.2, 0) is 4.79 Å². The number of hydrogen-bond acceptors (Lipinski definition) is 6. The number of carbonyl (C=O) groups excluding carboxylic acids is 1. The van der Waals surface area contributed by atoms with E-state index in [9.17, 15) is 23.8 Å². The average molecular weight is 425 g/mol. The van der Waals surface area contributed by atoms with Crippen molar-refractivity contribution in [3.63, 3.8) is 0 Å². The molecule has 5 atom stereocenters. The number of halogens is 2. The van der Waals surface area contributed by atoms with Gasteiger partial charge in [0.2, 0.25) is 11.7 Å². The van der Waals surface area contributed by atoms with Gasteiger partial charge in [-0.3, -0.25) is 4.79 Å². The first kappa shape index (κ1) is 19.5. The Balaban J connectivity index is 1.50. The second kappa shape index (κ2) is 6.80. The Kier molecular flexibility index (Phi) is 4.28. The van der Waals surface area contributed by atoms with Crippen LogP contribution < -0.4 is 5.32 Å². The van der Waals surface area contributed by atoms with E-state index in [1.54, 1.807) is 4.57 Å². The van der Waals surface area contributed by atoms with Crippen molar-refractivity contribution in [2.45, 2.75) is 24.7 Å². The Bertz CT molecular complexity index is 1280. The van der Waals surface area contributed by atoms with Crippen LogP contribution in [0.25, 0.3) is 11.2 Å². The van der Waals surface area contributed by atoms with Crippen LogP contribution in [0.3, 0.4) is 0 Å². The summed E-state index contributed by atoms with van der Waals surface area (Å²) in [6, 6.07) is 2.72. The molecular weight excluding hydrogens is 408 g/mol. The Hall–Kier alpha value is -3.42. The standard InChI is InChI=1S/C21H17F2N5O3/c1-24-20(31)21-7-11(21)16(17(29)18(21)30)28-9-26-14-8-25-15(27-19(14)28)5-3-10-2-4-12(22)13(23)6-10/h2,4,6,8-9,11,16-18,29-30H,7H2,1H3,(H,24,31)/t11-,16-,17+,18+,21+/m1/s1. The largest absolute Gasteiger partial charge is 0.389 e. The van der Waals surface area contributed by atoms with Crippen LogP contribution >= 0.6 is 0 Å². The minimum Gasteiger partial charge on any atom is -0.389 e. The lowest BCUT2D eigenvalue weighted by Crippen LogP contribution is -2.41. The van der Waals surface area contributed by atoms with Crippen LogP contribution in [0.1, 0.15) is 23.9 Å². The summed E-state index contributed by atoms with van der Waals surface area (Å²) in [6.45, 7) is 0. The number of carbonyl (C=O) groups is 1. The van der Waals surface area contributed by atoms with Crippen LogP contribution in [0.15, 0.2) is 30.7 Å². The Morgan fingerprint density at radius 3 is 2.81 bits per heavy atom. The Labute approximate surface area is 175 Å². The van der Waals surface area contributed by atoms with Gasteiger partial charge in [-0.2, -0.15) is 0 Å². The molecule has 158 valence electrons. The van der Waals surface area contributed by atoms with Gasteiger partial charge in [-0.1, -0.05) is 5.92 Å². The second-order valence-corrected chi connectivity index (χ2v) is 7.79. The molecule has 0 radical (unpaired) electrons. The maximum Gasteiger partial charge on any atom is 0.229 e. The fourth-order valence-corrected chi connectivity index (χ4v) is 4.59. The third kappa shape index (κ3) is 2.81. The molecule has 3 aromatic rings. The molecule has 1 amide bonds. The van der Waals surface area contributed by atoms with E-state index >= 15 is 0 Å². The van der Waals surface area contributed by atoms with Crippen molar-refractivity contribution in [3.8, 4) is 11.8 Å². The molecular formula is C21H17F2N5O3. The normalized spacial score (nSPS) is 28.7. The molecule has 2 aliphatic carbocycles. The molecule has 1 aromatic carbocycles. The number of nitrogens with one attached hydrogen (secondary N) is 1. The van der Waals surface area contributed by atoms with Gasteiger partial charge < -0.3 is 20.1 Å². The van der Waals surface area contributed by atoms with E-state index in [0.717, 1.165) is 12.1 Å². The van der Waals surface area contributed by atoms with Crippen LogP contribution in [-0.4, -0.2) is 54.9 Å².